The number of hydrogen-bond donors (Lipinski definition) is 0. The van der Waals surface area contributed by atoms with Gasteiger partial charge in [0, 0.05) is 0 Å². The topological polar surface area (TPSA) is 21.6 Å². The first-order valence-corrected chi connectivity index (χ1v) is 3.59. The maximum absolute atomic E-state index is 5.12. The van der Waals surface area contributed by atoms with Crippen molar-refractivity contribution in [3.8, 4) is 0 Å². The summed E-state index contributed by atoms with van der Waals surface area (Å²) in [5, 5.41) is 0. The third-order valence-electron chi connectivity index (χ3n) is 1.69. The second-order valence-electron chi connectivity index (χ2n) is 2.45. The van der Waals surface area contributed by atoms with Crippen molar-refractivity contribution in [2.45, 2.75) is 6.10 Å². The van der Waals surface area contributed by atoms with Gasteiger partial charge in [-0.2, -0.15) is 0 Å². The molecule has 2 heteroatoms. The van der Waals surface area contributed by atoms with E-state index in [-0.39, 0.29) is 6.10 Å². The number of hydrogen-bond acceptors (Lipinski definition) is 2. The minimum atomic E-state index is 0.0937. The van der Waals surface area contributed by atoms with Crippen molar-refractivity contribution in [1.82, 2.24) is 0 Å². The van der Waals surface area contributed by atoms with Crippen LogP contribution in [-0.4, -0.2) is 12.9 Å². The Morgan fingerprint density at radius 2 is 2.18 bits per heavy atom. The fraction of sp³-hybridized carbons (Fsp3) is 0.222. The molecule has 1 aliphatic rings. The first-order chi connectivity index (χ1) is 5.47. The Labute approximate surface area is 65.5 Å². The van der Waals surface area contributed by atoms with Gasteiger partial charge in [-0.15, -0.1) is 0 Å². The summed E-state index contributed by atoms with van der Waals surface area (Å²) in [6, 6.07) is 10.1. The van der Waals surface area contributed by atoms with E-state index in [0.717, 1.165) is 0 Å². The number of rotatable bonds is 1. The van der Waals surface area contributed by atoms with E-state index in [1.165, 1.54) is 5.56 Å². The van der Waals surface area contributed by atoms with Crippen molar-refractivity contribution < 1.29 is 4.74 Å². The summed E-state index contributed by atoms with van der Waals surface area (Å²) in [6.45, 7) is 0.698. The average molecular weight is 146 g/mol. The predicted molar refractivity (Wildman–Crippen MR) is 42.6 cm³/mol. The molecule has 2 nitrogen and oxygen atoms in total. The molecule has 0 saturated heterocycles. The Hall–Kier alpha value is -1.31. The monoisotopic (exact) mass is 146 g/mol. The van der Waals surface area contributed by atoms with Crippen LogP contribution < -0.4 is 0 Å². The molecule has 1 heterocycles. The van der Waals surface area contributed by atoms with E-state index in [1.54, 1.807) is 0 Å². The molecule has 1 radical (unpaired) electrons. The van der Waals surface area contributed by atoms with Crippen molar-refractivity contribution in [3.05, 3.63) is 35.9 Å². The van der Waals surface area contributed by atoms with E-state index in [4.69, 9.17) is 4.74 Å². The zero-order valence-electron chi connectivity index (χ0n) is 6.03. The molecule has 0 amide bonds. The summed E-state index contributed by atoms with van der Waals surface area (Å²) < 4.78 is 5.12. The molecule has 0 saturated carbocycles. The maximum Gasteiger partial charge on any atom is 0.273 e. The molecule has 2 rings (SSSR count). The first kappa shape index (κ1) is 6.40. The molecule has 1 aromatic carbocycles. The van der Waals surface area contributed by atoms with Crippen molar-refractivity contribution >= 4 is 6.40 Å². The van der Waals surface area contributed by atoms with Crippen molar-refractivity contribution in [3.63, 3.8) is 0 Å². The maximum atomic E-state index is 5.12. The summed E-state index contributed by atoms with van der Waals surface area (Å²) in [6.07, 6.45) is 2.59. The Kier molecular flexibility index (Phi) is 1.60. The lowest BCUT2D eigenvalue weighted by Crippen LogP contribution is -1.99. The van der Waals surface area contributed by atoms with Gasteiger partial charge >= 0.3 is 0 Å². The summed E-state index contributed by atoms with van der Waals surface area (Å²) in [5.74, 6) is 0. The third kappa shape index (κ3) is 1.24. The Bertz CT molecular complexity index is 248. The zero-order valence-corrected chi connectivity index (χ0v) is 6.03. The summed E-state index contributed by atoms with van der Waals surface area (Å²) in [4.78, 5) is 3.87. The predicted octanol–water partition coefficient (Wildman–Crippen LogP) is 1.66. The highest BCUT2D eigenvalue weighted by molar-refractivity contribution is 5.49. The summed E-state index contributed by atoms with van der Waals surface area (Å²) in [5.41, 5.74) is 1.17. The van der Waals surface area contributed by atoms with Gasteiger partial charge in [0.15, 0.2) is 0 Å². The van der Waals surface area contributed by atoms with E-state index in [0.29, 0.717) is 6.54 Å². The number of benzene rings is 1. The van der Waals surface area contributed by atoms with Crippen LogP contribution in [0.3, 0.4) is 0 Å². The largest absolute Gasteiger partial charge is 0.464 e. The van der Waals surface area contributed by atoms with Gasteiger partial charge < -0.3 is 4.74 Å². The van der Waals surface area contributed by atoms with Gasteiger partial charge in [-0.05, 0) is 5.56 Å². The number of nitrogens with zero attached hydrogens (tertiary/aromatic N) is 1. The van der Waals surface area contributed by atoms with Gasteiger partial charge in [-0.25, -0.2) is 4.99 Å². The fourth-order valence-electron chi connectivity index (χ4n) is 1.10. The van der Waals surface area contributed by atoms with Crippen LogP contribution in [0.2, 0.25) is 0 Å². The van der Waals surface area contributed by atoms with Crippen LogP contribution >= 0.6 is 0 Å². The van der Waals surface area contributed by atoms with Crippen molar-refractivity contribution in [2.75, 3.05) is 6.54 Å². The second-order valence-corrected chi connectivity index (χ2v) is 2.45. The highest BCUT2D eigenvalue weighted by Crippen LogP contribution is 2.19. The molecule has 1 unspecified atom stereocenters. The number of aliphatic imine (C=N–C) groups is 1. The molecule has 55 valence electrons. The molecule has 11 heavy (non-hydrogen) atoms. The van der Waals surface area contributed by atoms with E-state index >= 15 is 0 Å². The van der Waals surface area contributed by atoms with Crippen LogP contribution in [0.15, 0.2) is 35.3 Å². The van der Waals surface area contributed by atoms with Gasteiger partial charge in [-0.1, -0.05) is 30.3 Å². The average Bonchev–Trinajstić information content (AvgIpc) is 2.58. The molecule has 0 N–H and O–H groups in total. The molecule has 0 aromatic heterocycles. The molecule has 1 atom stereocenters. The van der Waals surface area contributed by atoms with Crippen LogP contribution in [0.5, 0.6) is 0 Å². The molecule has 1 aliphatic heterocycles. The molecule has 0 aliphatic carbocycles. The van der Waals surface area contributed by atoms with Crippen molar-refractivity contribution in [2.24, 2.45) is 4.99 Å². The minimum absolute atomic E-state index is 0.0937. The molecule has 1 aromatic rings. The second kappa shape index (κ2) is 2.74. The van der Waals surface area contributed by atoms with E-state index < -0.39 is 0 Å². The van der Waals surface area contributed by atoms with Gasteiger partial charge in [0.2, 0.25) is 0 Å². The normalized spacial score (nSPS) is 21.6. The van der Waals surface area contributed by atoms with Gasteiger partial charge in [0.1, 0.15) is 6.10 Å². The molecular formula is C9H8NO. The quantitative estimate of drug-likeness (QED) is 0.590. The molecule has 0 fully saturated rings. The third-order valence-corrected chi connectivity index (χ3v) is 1.69. The van der Waals surface area contributed by atoms with Crippen LogP contribution in [-0.2, 0) is 4.74 Å². The van der Waals surface area contributed by atoms with Crippen LogP contribution in [0.4, 0.5) is 0 Å². The minimum Gasteiger partial charge on any atom is -0.464 e. The van der Waals surface area contributed by atoms with E-state index in [2.05, 4.69) is 11.4 Å². The lowest BCUT2D eigenvalue weighted by atomic mass is 10.1. The Morgan fingerprint density at radius 3 is 2.82 bits per heavy atom. The standard InChI is InChI=1S/C9H8NO/c1-2-4-8(5-3-1)9-6-10-7-11-9/h1-5,9H,6H2. The van der Waals surface area contributed by atoms with Crippen molar-refractivity contribution in [1.29, 1.82) is 0 Å². The van der Waals surface area contributed by atoms with Crippen LogP contribution in [0, 0.1) is 0 Å². The highest BCUT2D eigenvalue weighted by atomic mass is 16.5. The van der Waals surface area contributed by atoms with Gasteiger partial charge in [-0.3, -0.25) is 0 Å². The molecule has 0 spiro atoms. The SMILES string of the molecule is [C]1=NCC(c2ccccc2)O1. The first-order valence-electron chi connectivity index (χ1n) is 3.59. The number of ether oxygens (including phenoxy) is 1. The van der Waals surface area contributed by atoms with E-state index in [9.17, 15) is 0 Å². The zero-order chi connectivity index (χ0) is 7.52. The molecule has 0 bridgehead atoms. The van der Waals surface area contributed by atoms with Crippen LogP contribution in [0.1, 0.15) is 11.7 Å². The summed E-state index contributed by atoms with van der Waals surface area (Å²) in [7, 11) is 0. The van der Waals surface area contributed by atoms with Gasteiger partial charge in [0.05, 0.1) is 6.54 Å². The summed E-state index contributed by atoms with van der Waals surface area (Å²) >= 11 is 0. The molecular weight excluding hydrogens is 138 g/mol. The smallest absolute Gasteiger partial charge is 0.273 e. The van der Waals surface area contributed by atoms with E-state index in [1.807, 2.05) is 30.3 Å². The Balaban J connectivity index is 2.17. The fourth-order valence-corrected chi connectivity index (χ4v) is 1.10. The highest BCUT2D eigenvalue weighted by Gasteiger charge is 2.14. The Morgan fingerprint density at radius 1 is 1.36 bits per heavy atom. The van der Waals surface area contributed by atoms with Gasteiger partial charge in [0.25, 0.3) is 6.40 Å². The van der Waals surface area contributed by atoms with Crippen LogP contribution in [0.25, 0.3) is 0 Å². The lowest BCUT2D eigenvalue weighted by molar-refractivity contribution is 0.240. The lowest BCUT2D eigenvalue weighted by Gasteiger charge is -2.06.